The van der Waals surface area contributed by atoms with Gasteiger partial charge in [-0.1, -0.05) is 26.8 Å². The van der Waals surface area contributed by atoms with E-state index in [1.165, 1.54) is 11.1 Å². The van der Waals surface area contributed by atoms with Crippen LogP contribution in [0.15, 0.2) is 41.5 Å². The van der Waals surface area contributed by atoms with Crippen molar-refractivity contribution in [1.29, 1.82) is 0 Å². The number of fused-ring (bicyclic) bond motifs is 2. The summed E-state index contributed by atoms with van der Waals surface area (Å²) in [6.07, 6.45) is 6.01. The summed E-state index contributed by atoms with van der Waals surface area (Å²) in [4.78, 5) is 31.0. The van der Waals surface area contributed by atoms with E-state index in [9.17, 15) is 4.79 Å². The van der Waals surface area contributed by atoms with E-state index in [2.05, 4.69) is 58.4 Å². The number of rotatable bonds is 4. The lowest BCUT2D eigenvalue weighted by molar-refractivity contribution is 0.550. The Bertz CT molecular complexity index is 1600. The average Bonchev–Trinajstić information content (AvgIpc) is 3.67. The first-order chi connectivity index (χ1) is 17.3. The predicted octanol–water partition coefficient (Wildman–Crippen LogP) is 4.55. The largest absolute Gasteiger partial charge is 0.324 e. The molecule has 1 aromatic carbocycles. The maximum Gasteiger partial charge on any atom is 0.278 e. The molecule has 1 saturated carbocycles. The summed E-state index contributed by atoms with van der Waals surface area (Å²) in [5.74, 6) is 0.410. The predicted molar refractivity (Wildman–Crippen MR) is 139 cm³/mol. The highest BCUT2D eigenvalue weighted by Crippen LogP contribution is 2.38. The Balaban J connectivity index is 1.51. The molecule has 0 bridgehead atoms. The van der Waals surface area contributed by atoms with Gasteiger partial charge in [-0.3, -0.25) is 9.78 Å². The van der Waals surface area contributed by atoms with Gasteiger partial charge in [-0.25, -0.2) is 19.2 Å². The highest BCUT2D eigenvalue weighted by molar-refractivity contribution is 5.79. The van der Waals surface area contributed by atoms with Gasteiger partial charge in [0.05, 0.1) is 18.3 Å². The minimum atomic E-state index is -0.216. The third kappa shape index (κ3) is 3.84. The molecule has 2 aliphatic rings. The van der Waals surface area contributed by atoms with E-state index in [0.29, 0.717) is 28.4 Å². The third-order valence-corrected chi connectivity index (χ3v) is 6.84. The molecule has 36 heavy (non-hydrogen) atoms. The van der Waals surface area contributed by atoms with Crippen LogP contribution in [0.3, 0.4) is 0 Å². The van der Waals surface area contributed by atoms with Crippen molar-refractivity contribution in [3.63, 3.8) is 0 Å². The molecule has 4 aromatic rings. The fraction of sp³-hybridized carbons (Fsp3) is 0.370. The van der Waals surface area contributed by atoms with E-state index < -0.39 is 0 Å². The topological polar surface area (TPSA) is 94.0 Å². The van der Waals surface area contributed by atoms with Crippen LogP contribution in [0, 0.1) is 6.57 Å². The molecule has 0 unspecified atom stereocenters. The molecular formula is C27H28N8O. The zero-order valence-corrected chi connectivity index (χ0v) is 20.7. The molecule has 0 atom stereocenters. The van der Waals surface area contributed by atoms with Crippen molar-refractivity contribution in [3.05, 3.63) is 75.3 Å². The molecular weight excluding hydrogens is 452 g/mol. The van der Waals surface area contributed by atoms with Crippen LogP contribution in [0.2, 0.25) is 0 Å². The lowest BCUT2D eigenvalue weighted by Gasteiger charge is -2.20. The van der Waals surface area contributed by atoms with Gasteiger partial charge in [0, 0.05) is 35.7 Å². The van der Waals surface area contributed by atoms with Crippen molar-refractivity contribution >= 4 is 28.4 Å². The number of hydrogen-bond donors (Lipinski definition) is 2. The van der Waals surface area contributed by atoms with Crippen LogP contribution in [0.5, 0.6) is 0 Å². The van der Waals surface area contributed by atoms with Gasteiger partial charge in [0.1, 0.15) is 5.39 Å². The van der Waals surface area contributed by atoms with Gasteiger partial charge < -0.3 is 10.6 Å². The number of nitrogens with zero attached hydrogens (tertiary/aromatic N) is 6. The molecule has 1 fully saturated rings. The summed E-state index contributed by atoms with van der Waals surface area (Å²) in [7, 11) is 0. The zero-order chi connectivity index (χ0) is 25.0. The lowest BCUT2D eigenvalue weighted by atomic mass is 9.91. The highest BCUT2D eigenvalue weighted by Gasteiger charge is 2.32. The maximum atomic E-state index is 13.5. The number of pyridine rings is 1. The Morgan fingerprint density at radius 1 is 1.14 bits per heavy atom. The third-order valence-electron chi connectivity index (χ3n) is 6.84. The Kier molecular flexibility index (Phi) is 5.16. The Labute approximate surface area is 209 Å². The van der Waals surface area contributed by atoms with Crippen LogP contribution in [-0.2, 0) is 18.4 Å². The second-order valence-electron chi connectivity index (χ2n) is 10.6. The summed E-state index contributed by atoms with van der Waals surface area (Å²) in [6.45, 7) is 15.9. The quantitative estimate of drug-likeness (QED) is 0.416. The monoisotopic (exact) mass is 480 g/mol. The van der Waals surface area contributed by atoms with E-state index in [1.54, 1.807) is 17.1 Å². The second kappa shape index (κ2) is 8.28. The SMILES string of the molecule is [C-]#[N+]c1cnc(C(C)(C)C)cc1-n1c2nc(Nc3ccc4c(c3)CCNC4)ncc2c(=O)n1C1CC1. The first-order valence-electron chi connectivity index (χ1n) is 12.3. The van der Waals surface area contributed by atoms with Crippen LogP contribution in [0.1, 0.15) is 56.5 Å². The van der Waals surface area contributed by atoms with Crippen molar-refractivity contribution in [2.24, 2.45) is 0 Å². The van der Waals surface area contributed by atoms with Gasteiger partial charge in [-0.2, -0.15) is 4.98 Å². The fourth-order valence-electron chi connectivity index (χ4n) is 4.73. The average molecular weight is 481 g/mol. The fourth-order valence-corrected chi connectivity index (χ4v) is 4.73. The van der Waals surface area contributed by atoms with Crippen molar-refractivity contribution in [1.82, 2.24) is 29.6 Å². The standard InChI is InChI=1S/C27H28N8O/c1-27(2,3)23-12-22(21(28-4)15-30-23)35-24-20(25(36)34(35)19-7-8-19)14-31-26(33-24)32-18-6-5-17-13-29-10-9-16(17)11-18/h5-6,11-12,14-15,19,29H,7-10,13H2,1-3H3,(H,31,32,33). The van der Waals surface area contributed by atoms with E-state index >= 15 is 0 Å². The minimum Gasteiger partial charge on any atom is -0.324 e. The molecule has 0 saturated heterocycles. The summed E-state index contributed by atoms with van der Waals surface area (Å²) in [6, 6.07) is 8.29. The van der Waals surface area contributed by atoms with E-state index in [1.807, 2.05) is 16.8 Å². The molecule has 182 valence electrons. The van der Waals surface area contributed by atoms with Crippen LogP contribution in [0.25, 0.3) is 21.6 Å². The molecule has 6 rings (SSSR count). The van der Waals surface area contributed by atoms with Crippen LogP contribution >= 0.6 is 0 Å². The van der Waals surface area contributed by atoms with Crippen LogP contribution in [0.4, 0.5) is 17.3 Å². The summed E-state index contributed by atoms with van der Waals surface area (Å²) >= 11 is 0. The molecule has 0 amide bonds. The maximum absolute atomic E-state index is 13.5. The Morgan fingerprint density at radius 3 is 2.72 bits per heavy atom. The van der Waals surface area contributed by atoms with Crippen molar-refractivity contribution < 1.29 is 0 Å². The van der Waals surface area contributed by atoms with Crippen molar-refractivity contribution in [2.75, 3.05) is 11.9 Å². The Hall–Kier alpha value is -4.03. The molecule has 3 aromatic heterocycles. The van der Waals surface area contributed by atoms with E-state index in [4.69, 9.17) is 11.6 Å². The molecule has 4 heterocycles. The van der Waals surface area contributed by atoms with Gasteiger partial charge in [0.15, 0.2) is 5.65 Å². The van der Waals surface area contributed by atoms with Gasteiger partial charge in [-0.15, -0.1) is 0 Å². The minimum absolute atomic E-state index is 0.0854. The normalized spacial score (nSPS) is 15.5. The van der Waals surface area contributed by atoms with Gasteiger partial charge in [-0.05, 0) is 55.1 Å². The van der Waals surface area contributed by atoms with E-state index in [-0.39, 0.29) is 17.0 Å². The number of hydrogen-bond acceptors (Lipinski definition) is 6. The second-order valence-corrected chi connectivity index (χ2v) is 10.6. The molecule has 0 radical (unpaired) electrons. The molecule has 1 aliphatic carbocycles. The van der Waals surface area contributed by atoms with Crippen molar-refractivity contribution in [2.45, 2.75) is 58.0 Å². The highest BCUT2D eigenvalue weighted by atomic mass is 16.1. The van der Waals surface area contributed by atoms with Gasteiger partial charge in [0.25, 0.3) is 5.56 Å². The van der Waals surface area contributed by atoms with Gasteiger partial charge in [0.2, 0.25) is 11.6 Å². The molecule has 9 nitrogen and oxygen atoms in total. The van der Waals surface area contributed by atoms with Crippen molar-refractivity contribution in [3.8, 4) is 5.69 Å². The number of aromatic nitrogens is 5. The molecule has 9 heteroatoms. The number of nitrogens with one attached hydrogen (secondary N) is 2. The van der Waals surface area contributed by atoms with E-state index in [0.717, 1.165) is 43.7 Å². The zero-order valence-electron chi connectivity index (χ0n) is 20.7. The first kappa shape index (κ1) is 22.4. The number of anilines is 2. The molecule has 1 aliphatic heterocycles. The summed E-state index contributed by atoms with van der Waals surface area (Å²) in [5.41, 5.74) is 5.51. The molecule has 2 N–H and O–H groups in total. The first-order valence-corrected chi connectivity index (χ1v) is 12.3. The smallest absolute Gasteiger partial charge is 0.278 e. The summed E-state index contributed by atoms with van der Waals surface area (Å²) < 4.78 is 3.55. The molecule has 0 spiro atoms. The number of benzene rings is 1. The van der Waals surface area contributed by atoms with Crippen LogP contribution in [-0.4, -0.2) is 30.9 Å². The summed E-state index contributed by atoms with van der Waals surface area (Å²) in [5, 5.41) is 7.15. The van der Waals surface area contributed by atoms with Gasteiger partial charge >= 0.3 is 0 Å². The van der Waals surface area contributed by atoms with Crippen LogP contribution < -0.4 is 16.2 Å². The Morgan fingerprint density at radius 2 is 1.97 bits per heavy atom. The lowest BCUT2D eigenvalue weighted by Crippen LogP contribution is -2.23.